The molecule has 10 aliphatic rings. The number of nitrogens with zero attached hydrogens (tertiary/aromatic N) is 2. The van der Waals surface area contributed by atoms with E-state index in [1.807, 2.05) is 0 Å². The molecule has 0 bridgehead atoms. The normalized spacial score (nSPS) is 36.7. The summed E-state index contributed by atoms with van der Waals surface area (Å²) in [6.45, 7) is 5.08. The molecule has 2 heteroatoms. The van der Waals surface area contributed by atoms with Crippen LogP contribution < -0.4 is 4.90 Å². The van der Waals surface area contributed by atoms with E-state index < -0.39 is 0 Å². The van der Waals surface area contributed by atoms with Gasteiger partial charge in [-0.3, -0.25) is 4.90 Å². The van der Waals surface area contributed by atoms with Crippen LogP contribution in [-0.2, 0) is 0 Å². The van der Waals surface area contributed by atoms with Gasteiger partial charge in [-0.25, -0.2) is 0 Å². The Hall–Kier alpha value is -4.14. The summed E-state index contributed by atoms with van der Waals surface area (Å²) in [5.41, 5.74) is 13.9. The third kappa shape index (κ3) is 6.50. The monoisotopic (exact) mass is 805 g/mol. The SMILES string of the molecule is CC1(C)C2=CC(N(C3C=CC(C4CC=CC=C4N4c5ccccc5C5c6ccccc6C=CC54)=CC3)C3CCC(C4CCC5CCC=CC5C4)CC3)CC=C2C2CCCC=C21. The first-order valence-corrected chi connectivity index (χ1v) is 25.0. The molecule has 0 aromatic heterocycles. The van der Waals surface area contributed by atoms with Crippen molar-refractivity contribution in [2.24, 2.45) is 40.9 Å². The molecule has 12 rings (SSSR count). The molecule has 9 atom stereocenters. The van der Waals surface area contributed by atoms with Crippen molar-refractivity contribution >= 4 is 11.8 Å². The highest BCUT2D eigenvalue weighted by molar-refractivity contribution is 5.75. The van der Waals surface area contributed by atoms with Gasteiger partial charge < -0.3 is 4.90 Å². The number of anilines is 1. The van der Waals surface area contributed by atoms with E-state index in [9.17, 15) is 0 Å². The van der Waals surface area contributed by atoms with Gasteiger partial charge in [0.1, 0.15) is 0 Å². The van der Waals surface area contributed by atoms with Gasteiger partial charge in [0.2, 0.25) is 0 Å². The molecular weight excluding hydrogens is 737 g/mol. The van der Waals surface area contributed by atoms with Gasteiger partial charge in [-0.1, -0.05) is 135 Å². The van der Waals surface area contributed by atoms with E-state index in [0.29, 0.717) is 41.9 Å². The number of rotatable bonds is 6. The van der Waals surface area contributed by atoms with Gasteiger partial charge in [0.25, 0.3) is 0 Å². The molecule has 2 aromatic rings. The second-order valence-corrected chi connectivity index (χ2v) is 21.4. The zero-order valence-electron chi connectivity index (χ0n) is 37.0. The molecule has 314 valence electrons. The lowest BCUT2D eigenvalue weighted by atomic mass is 9.64. The molecule has 0 saturated heterocycles. The standard InChI is InChI=1S/C59H68N2/c1-59(2)53-20-10-7-18-50(53)51-35-34-47(38-54(51)59)60(45-30-25-40(26-31-45)44-24-23-39-13-3-4-15-43(39)37-44)46-32-27-42(28-33-46)48-16-8-11-21-55(48)61-56-22-12-9-19-52(56)58-49-17-6-5-14-41(49)29-36-57(58)61/h4-6,8-9,11-12,14-15,17,19-22,27-29,32,35-36,38-40,43-48,50,57-58H,3,7,10,13,16,18,23-26,30-31,33-34,37H2,1-2H3. The molecule has 61 heavy (non-hydrogen) atoms. The van der Waals surface area contributed by atoms with Crippen molar-refractivity contribution in [1.29, 1.82) is 0 Å². The van der Waals surface area contributed by atoms with E-state index in [1.165, 1.54) is 117 Å². The van der Waals surface area contributed by atoms with Crippen LogP contribution in [0, 0.1) is 40.9 Å². The van der Waals surface area contributed by atoms with Crippen LogP contribution in [0.5, 0.6) is 0 Å². The van der Waals surface area contributed by atoms with E-state index in [-0.39, 0.29) is 5.41 Å². The van der Waals surface area contributed by atoms with Crippen molar-refractivity contribution in [3.63, 3.8) is 0 Å². The Morgan fingerprint density at radius 1 is 0.672 bits per heavy atom. The Bertz CT molecular complexity index is 2330. The smallest absolute Gasteiger partial charge is 0.0632 e. The Morgan fingerprint density at radius 3 is 2.38 bits per heavy atom. The predicted molar refractivity (Wildman–Crippen MR) is 255 cm³/mol. The van der Waals surface area contributed by atoms with Crippen molar-refractivity contribution in [1.82, 2.24) is 4.90 Å². The second kappa shape index (κ2) is 15.6. The van der Waals surface area contributed by atoms with E-state index in [4.69, 9.17) is 0 Å². The summed E-state index contributed by atoms with van der Waals surface area (Å²) in [5, 5.41) is 0. The number of fused-ring (bicyclic) bond motifs is 9. The number of hydrogen-bond acceptors (Lipinski definition) is 2. The number of benzene rings is 2. The number of para-hydroxylation sites is 1. The molecule has 2 aromatic carbocycles. The fourth-order valence-corrected chi connectivity index (χ4v) is 15.2. The van der Waals surface area contributed by atoms with Gasteiger partial charge in [-0.2, -0.15) is 0 Å². The van der Waals surface area contributed by atoms with E-state index in [1.54, 1.807) is 16.7 Å². The lowest BCUT2D eigenvalue weighted by Gasteiger charge is -2.48. The van der Waals surface area contributed by atoms with Crippen molar-refractivity contribution in [2.45, 2.75) is 140 Å². The maximum absolute atomic E-state index is 3.08. The Kier molecular flexibility index (Phi) is 9.84. The van der Waals surface area contributed by atoms with Gasteiger partial charge in [0, 0.05) is 52.7 Å². The molecule has 1 aliphatic heterocycles. The van der Waals surface area contributed by atoms with Gasteiger partial charge in [0.05, 0.1) is 6.04 Å². The first-order valence-electron chi connectivity index (χ1n) is 25.0. The first-order chi connectivity index (χ1) is 30.0. The van der Waals surface area contributed by atoms with E-state index >= 15 is 0 Å². The van der Waals surface area contributed by atoms with E-state index in [2.05, 4.69) is 151 Å². The molecule has 3 saturated carbocycles. The van der Waals surface area contributed by atoms with Crippen LogP contribution in [0.2, 0.25) is 0 Å². The maximum Gasteiger partial charge on any atom is 0.0632 e. The average Bonchev–Trinajstić information content (AvgIpc) is 3.78. The lowest BCUT2D eigenvalue weighted by molar-refractivity contribution is 0.0571. The van der Waals surface area contributed by atoms with Crippen LogP contribution in [0.1, 0.15) is 133 Å². The summed E-state index contributed by atoms with van der Waals surface area (Å²) in [6, 6.07) is 20.2. The summed E-state index contributed by atoms with van der Waals surface area (Å²) in [7, 11) is 0. The third-order valence-electron chi connectivity index (χ3n) is 18.1. The minimum absolute atomic E-state index is 0.154. The molecule has 0 N–H and O–H groups in total. The minimum Gasteiger partial charge on any atom is -0.336 e. The summed E-state index contributed by atoms with van der Waals surface area (Å²) in [4.78, 5) is 5.80. The Labute approximate surface area is 367 Å². The zero-order valence-corrected chi connectivity index (χ0v) is 37.0. The molecule has 3 fully saturated rings. The summed E-state index contributed by atoms with van der Waals surface area (Å²) >= 11 is 0. The summed E-state index contributed by atoms with van der Waals surface area (Å²) in [6.07, 6.45) is 53.4. The highest BCUT2D eigenvalue weighted by atomic mass is 15.2. The molecular formula is C59H68N2. The second-order valence-electron chi connectivity index (χ2n) is 21.4. The van der Waals surface area contributed by atoms with Crippen LogP contribution >= 0.6 is 0 Å². The van der Waals surface area contributed by atoms with Gasteiger partial charge in [-0.05, 0) is 166 Å². The van der Waals surface area contributed by atoms with Crippen molar-refractivity contribution in [3.8, 4) is 0 Å². The van der Waals surface area contributed by atoms with Gasteiger partial charge in [0.15, 0.2) is 0 Å². The van der Waals surface area contributed by atoms with Crippen molar-refractivity contribution in [3.05, 3.63) is 166 Å². The van der Waals surface area contributed by atoms with Gasteiger partial charge >= 0.3 is 0 Å². The van der Waals surface area contributed by atoms with Crippen LogP contribution in [0.15, 0.2) is 149 Å². The maximum atomic E-state index is 3.08. The Morgan fingerprint density at radius 2 is 1.49 bits per heavy atom. The number of allylic oxidation sites excluding steroid dienone is 11. The molecule has 2 nitrogen and oxygen atoms in total. The first kappa shape index (κ1) is 38.5. The van der Waals surface area contributed by atoms with Crippen LogP contribution in [0.25, 0.3) is 6.08 Å². The molecule has 1 heterocycles. The minimum atomic E-state index is 0.154. The Balaban J connectivity index is 0.822. The fourth-order valence-electron chi connectivity index (χ4n) is 15.2. The topological polar surface area (TPSA) is 6.48 Å². The number of hydrogen-bond donors (Lipinski definition) is 0. The highest BCUT2D eigenvalue weighted by Crippen LogP contribution is 2.58. The molecule has 9 unspecified atom stereocenters. The predicted octanol–water partition coefficient (Wildman–Crippen LogP) is 14.4. The fraction of sp³-hybridized carbons (Fsp3) is 0.492. The van der Waals surface area contributed by atoms with Gasteiger partial charge in [-0.15, -0.1) is 0 Å². The van der Waals surface area contributed by atoms with Crippen molar-refractivity contribution in [2.75, 3.05) is 4.90 Å². The summed E-state index contributed by atoms with van der Waals surface area (Å²) in [5.74, 6) is 5.09. The van der Waals surface area contributed by atoms with E-state index in [0.717, 1.165) is 36.5 Å². The van der Waals surface area contributed by atoms with Crippen LogP contribution in [0.4, 0.5) is 5.69 Å². The van der Waals surface area contributed by atoms with Crippen LogP contribution in [0.3, 0.4) is 0 Å². The summed E-state index contributed by atoms with van der Waals surface area (Å²) < 4.78 is 0. The van der Waals surface area contributed by atoms with Crippen LogP contribution in [-0.4, -0.2) is 29.1 Å². The highest BCUT2D eigenvalue weighted by Gasteiger charge is 2.48. The average molecular weight is 805 g/mol. The molecule has 0 spiro atoms. The molecule has 0 radical (unpaired) electrons. The molecule has 0 amide bonds. The largest absolute Gasteiger partial charge is 0.336 e. The zero-order chi connectivity index (χ0) is 40.7. The molecule has 9 aliphatic carbocycles. The quantitative estimate of drug-likeness (QED) is 0.268. The lowest BCUT2D eigenvalue weighted by Crippen LogP contribution is -2.50. The third-order valence-corrected chi connectivity index (χ3v) is 18.1. The van der Waals surface area contributed by atoms with Crippen molar-refractivity contribution < 1.29 is 0 Å².